The van der Waals surface area contributed by atoms with Crippen molar-refractivity contribution in [1.29, 1.82) is 5.41 Å². The second-order valence-corrected chi connectivity index (χ2v) is 9.06. The van der Waals surface area contributed by atoms with Gasteiger partial charge in [0.25, 0.3) is 5.91 Å². The van der Waals surface area contributed by atoms with E-state index in [0.717, 1.165) is 0 Å². The molecule has 0 fully saturated rings. The number of aromatic nitrogens is 2. The van der Waals surface area contributed by atoms with Crippen LogP contribution in [0.5, 0.6) is 23.0 Å². The van der Waals surface area contributed by atoms with E-state index in [1.165, 1.54) is 49.8 Å². The van der Waals surface area contributed by atoms with Gasteiger partial charge >= 0.3 is 0 Å². The smallest absolute Gasteiger partial charge is 0.278 e. The van der Waals surface area contributed by atoms with Crippen LogP contribution < -0.4 is 24.8 Å². The maximum atomic E-state index is 13.4. The predicted octanol–water partition coefficient (Wildman–Crippen LogP) is 5.14. The fourth-order valence-electron chi connectivity index (χ4n) is 3.75. The van der Waals surface area contributed by atoms with Gasteiger partial charge in [0.2, 0.25) is 5.78 Å². The Morgan fingerprint density at radius 1 is 0.951 bits per heavy atom. The molecule has 0 bridgehead atoms. The molecule has 0 spiro atoms. The first-order valence-electron chi connectivity index (χ1n) is 12.5. The normalized spacial score (nSPS) is 11.2. The molecule has 2 aromatic carbocycles. The number of carbonyl (C=O) groups excluding carboxylic acids is 2. The number of amides is 1. The molecule has 0 unspecified atom stereocenters. The lowest BCUT2D eigenvalue weighted by Crippen LogP contribution is -2.31. The van der Waals surface area contributed by atoms with E-state index in [2.05, 4.69) is 20.6 Å². The highest BCUT2D eigenvalue weighted by molar-refractivity contribution is 6.74. The summed E-state index contributed by atoms with van der Waals surface area (Å²) in [6, 6.07) is 13.5. The van der Waals surface area contributed by atoms with Crippen LogP contribution >= 0.6 is 0 Å². The van der Waals surface area contributed by atoms with Crippen molar-refractivity contribution in [3.05, 3.63) is 84.6 Å². The van der Waals surface area contributed by atoms with E-state index in [9.17, 15) is 14.0 Å². The summed E-state index contributed by atoms with van der Waals surface area (Å²) in [4.78, 5) is 34.4. The van der Waals surface area contributed by atoms with Gasteiger partial charge in [-0.15, -0.1) is 0 Å². The number of fused-ring (bicyclic) bond motifs is 1. The van der Waals surface area contributed by atoms with E-state index in [1.807, 2.05) is 13.8 Å². The summed E-state index contributed by atoms with van der Waals surface area (Å²) in [5.41, 5.74) is 0.245. The number of rotatable bonds is 11. The van der Waals surface area contributed by atoms with E-state index in [-0.39, 0.29) is 17.4 Å². The molecule has 10 nitrogen and oxygen atoms in total. The molecule has 41 heavy (non-hydrogen) atoms. The monoisotopic (exact) mass is 557 g/mol. The standard InChI is InChI=1S/C30H28FN5O5/c1-17(2)34-16-22(18-5-7-19(31)8-6-18)29(37)28(32)30(38)36-27-10-9-20(15-35-27)41-24-11-12-33-23-14-26(40-4)25(39-3)13-21(23)24/h5-17,32,34H,1-4H3,(H,35,36,38)/b22-16-,32-28?. The number of ketones is 1. The van der Waals surface area contributed by atoms with Crippen LogP contribution in [0.15, 0.2) is 73.2 Å². The molecule has 210 valence electrons. The first-order chi connectivity index (χ1) is 19.7. The lowest BCUT2D eigenvalue weighted by atomic mass is 9.99. The number of pyridine rings is 2. The Morgan fingerprint density at radius 3 is 2.29 bits per heavy atom. The molecule has 2 heterocycles. The minimum Gasteiger partial charge on any atom is -0.493 e. The number of ether oxygens (including phenoxy) is 3. The van der Waals surface area contributed by atoms with E-state index < -0.39 is 23.2 Å². The molecule has 4 rings (SSSR count). The zero-order valence-corrected chi connectivity index (χ0v) is 22.8. The molecule has 0 radical (unpaired) electrons. The van der Waals surface area contributed by atoms with E-state index >= 15 is 0 Å². The average molecular weight is 558 g/mol. The van der Waals surface area contributed by atoms with Gasteiger partial charge in [0.1, 0.15) is 23.1 Å². The highest BCUT2D eigenvalue weighted by Gasteiger charge is 2.24. The van der Waals surface area contributed by atoms with Crippen LogP contribution in [0.2, 0.25) is 0 Å². The van der Waals surface area contributed by atoms with Crippen molar-refractivity contribution in [2.45, 2.75) is 19.9 Å². The summed E-state index contributed by atoms with van der Waals surface area (Å²) in [5, 5.41) is 14.3. The van der Waals surface area contributed by atoms with Crippen LogP contribution in [0.25, 0.3) is 16.5 Å². The number of hydrogen-bond acceptors (Lipinski definition) is 9. The van der Waals surface area contributed by atoms with Gasteiger partial charge in [-0.1, -0.05) is 12.1 Å². The second kappa shape index (κ2) is 12.7. The molecule has 2 aromatic heterocycles. The molecule has 0 saturated heterocycles. The SMILES string of the molecule is COc1cc2nccc(Oc3ccc(NC(=O)C(=N)C(=O)/C(=C\NC(C)C)c4ccc(F)cc4)nc3)c2cc1OC. The lowest BCUT2D eigenvalue weighted by molar-refractivity contribution is -0.113. The number of anilines is 1. The Kier molecular flexibility index (Phi) is 8.88. The fourth-order valence-corrected chi connectivity index (χ4v) is 3.75. The first kappa shape index (κ1) is 28.7. The first-order valence-corrected chi connectivity index (χ1v) is 12.5. The van der Waals surface area contributed by atoms with Gasteiger partial charge in [-0.05, 0) is 55.8 Å². The third-order valence-corrected chi connectivity index (χ3v) is 5.83. The fraction of sp³-hybridized carbons (Fsp3) is 0.167. The van der Waals surface area contributed by atoms with Crippen molar-refractivity contribution in [2.24, 2.45) is 0 Å². The van der Waals surface area contributed by atoms with Crippen LogP contribution in [0, 0.1) is 11.2 Å². The summed E-state index contributed by atoms with van der Waals surface area (Å²) < 4.78 is 30.1. The van der Waals surface area contributed by atoms with Crippen LogP contribution in [0.1, 0.15) is 19.4 Å². The molecular formula is C30H28FN5O5. The summed E-state index contributed by atoms with van der Waals surface area (Å²) in [5.74, 6) is -0.224. The summed E-state index contributed by atoms with van der Waals surface area (Å²) in [6.07, 6.45) is 4.41. The molecule has 1 amide bonds. The van der Waals surface area contributed by atoms with E-state index in [4.69, 9.17) is 19.6 Å². The van der Waals surface area contributed by atoms with Gasteiger partial charge < -0.3 is 24.8 Å². The van der Waals surface area contributed by atoms with Gasteiger partial charge in [0.15, 0.2) is 17.2 Å². The Bertz CT molecular complexity index is 1620. The van der Waals surface area contributed by atoms with E-state index in [0.29, 0.717) is 39.5 Å². The average Bonchev–Trinajstić information content (AvgIpc) is 2.97. The maximum Gasteiger partial charge on any atom is 0.278 e. The molecular weight excluding hydrogens is 529 g/mol. The molecule has 11 heteroatoms. The van der Waals surface area contributed by atoms with Gasteiger partial charge in [-0.25, -0.2) is 9.37 Å². The van der Waals surface area contributed by atoms with Crippen molar-refractivity contribution < 1.29 is 28.2 Å². The number of allylic oxidation sites excluding steroid dienone is 1. The van der Waals surface area contributed by atoms with Gasteiger partial charge in [-0.3, -0.25) is 20.0 Å². The number of carbonyl (C=O) groups is 2. The van der Waals surface area contributed by atoms with Crippen LogP contribution in [0.3, 0.4) is 0 Å². The van der Waals surface area contributed by atoms with Crippen molar-refractivity contribution in [2.75, 3.05) is 19.5 Å². The minimum atomic E-state index is -0.949. The number of Topliss-reactive ketones (excluding diaryl/α,β-unsaturated/α-hetero) is 1. The van der Waals surface area contributed by atoms with Crippen LogP contribution in [0.4, 0.5) is 10.2 Å². The van der Waals surface area contributed by atoms with Gasteiger partial charge in [-0.2, -0.15) is 0 Å². The molecule has 0 aliphatic rings. The maximum absolute atomic E-state index is 13.4. The summed E-state index contributed by atoms with van der Waals surface area (Å²) >= 11 is 0. The van der Waals surface area contributed by atoms with Crippen molar-refractivity contribution >= 4 is 39.7 Å². The molecule has 0 aliphatic carbocycles. The quantitative estimate of drug-likeness (QED) is 0.131. The molecule has 0 saturated carbocycles. The third-order valence-electron chi connectivity index (χ3n) is 5.83. The zero-order chi connectivity index (χ0) is 29.5. The summed E-state index contributed by atoms with van der Waals surface area (Å²) in [6.45, 7) is 3.73. The highest BCUT2D eigenvalue weighted by atomic mass is 19.1. The molecule has 0 atom stereocenters. The minimum absolute atomic E-state index is 0.0128. The number of benzene rings is 2. The Labute approximate surface area is 235 Å². The number of nitrogens with zero attached hydrogens (tertiary/aromatic N) is 2. The molecule has 4 aromatic rings. The molecule has 0 aliphatic heterocycles. The van der Waals surface area contributed by atoms with Gasteiger partial charge in [0.05, 0.1) is 25.9 Å². The topological polar surface area (TPSA) is 136 Å². The Hall–Kier alpha value is -5.32. The molecule has 3 N–H and O–H groups in total. The van der Waals surface area contributed by atoms with Crippen molar-refractivity contribution in [3.63, 3.8) is 0 Å². The number of halogens is 1. The number of hydrogen-bond donors (Lipinski definition) is 3. The van der Waals surface area contributed by atoms with Crippen LogP contribution in [-0.4, -0.2) is 47.6 Å². The second-order valence-electron chi connectivity index (χ2n) is 9.06. The zero-order valence-electron chi connectivity index (χ0n) is 22.8. The largest absolute Gasteiger partial charge is 0.493 e. The summed E-state index contributed by atoms with van der Waals surface area (Å²) in [7, 11) is 3.08. The predicted molar refractivity (Wildman–Crippen MR) is 153 cm³/mol. The van der Waals surface area contributed by atoms with Crippen LogP contribution in [-0.2, 0) is 9.59 Å². The number of methoxy groups -OCH3 is 2. The van der Waals surface area contributed by atoms with Crippen molar-refractivity contribution in [3.8, 4) is 23.0 Å². The van der Waals surface area contributed by atoms with Crippen molar-refractivity contribution in [1.82, 2.24) is 15.3 Å². The third kappa shape index (κ3) is 6.82. The lowest BCUT2D eigenvalue weighted by Gasteiger charge is -2.13. The Balaban J connectivity index is 1.48. The highest BCUT2D eigenvalue weighted by Crippen LogP contribution is 2.36. The number of nitrogens with one attached hydrogen (secondary N) is 3. The van der Waals surface area contributed by atoms with E-state index in [1.54, 1.807) is 37.6 Å². The van der Waals surface area contributed by atoms with Gasteiger partial charge in [0, 0.05) is 35.5 Å². The Morgan fingerprint density at radius 2 is 1.66 bits per heavy atom.